The Kier molecular flexibility index (Phi) is 5.86. The minimum Gasteiger partial charge on any atom is -0.497 e. The number of nitrogens with one attached hydrogen (secondary N) is 1. The molecule has 1 amide bonds. The minimum absolute atomic E-state index is 0.0951. The molecule has 2 aromatic carbocycles. The fourth-order valence-corrected chi connectivity index (χ4v) is 2.09. The van der Waals surface area contributed by atoms with Gasteiger partial charge in [-0.25, -0.2) is 4.39 Å². The number of hydrogen-bond acceptors (Lipinski definition) is 3. The largest absolute Gasteiger partial charge is 0.497 e. The Morgan fingerprint density at radius 2 is 1.65 bits per heavy atom. The molecule has 0 heterocycles. The quantitative estimate of drug-likeness (QED) is 0.790. The monoisotopic (exact) mass is 315 g/mol. The van der Waals surface area contributed by atoms with Crippen LogP contribution >= 0.6 is 0 Å². The van der Waals surface area contributed by atoms with E-state index in [1.165, 1.54) is 24.3 Å². The normalized spacial score (nSPS) is 10.2. The number of carbonyl (C=O) groups is 2. The molecular weight excluding hydrogens is 297 g/mol. The summed E-state index contributed by atoms with van der Waals surface area (Å²) < 4.78 is 17.8. The van der Waals surface area contributed by atoms with Crippen LogP contribution in [0, 0.1) is 5.82 Å². The second-order valence-electron chi connectivity index (χ2n) is 5.06. The SMILES string of the molecule is COc1ccc(NC(=O)CCCC(=O)c2ccc(F)cc2)cc1. The van der Waals surface area contributed by atoms with Crippen molar-refractivity contribution in [1.82, 2.24) is 0 Å². The molecule has 0 spiro atoms. The van der Waals surface area contributed by atoms with E-state index in [4.69, 9.17) is 4.74 Å². The lowest BCUT2D eigenvalue weighted by atomic mass is 10.1. The first-order valence-corrected chi connectivity index (χ1v) is 7.31. The van der Waals surface area contributed by atoms with Gasteiger partial charge in [0.15, 0.2) is 5.78 Å². The van der Waals surface area contributed by atoms with Crippen molar-refractivity contribution < 1.29 is 18.7 Å². The molecule has 2 rings (SSSR count). The Bertz CT molecular complexity index is 666. The van der Waals surface area contributed by atoms with Crippen molar-refractivity contribution in [2.75, 3.05) is 12.4 Å². The second kappa shape index (κ2) is 8.08. The summed E-state index contributed by atoms with van der Waals surface area (Å²) in [5, 5.41) is 2.76. The van der Waals surface area contributed by atoms with Gasteiger partial charge in [0.2, 0.25) is 5.91 Å². The average Bonchev–Trinajstić information content (AvgIpc) is 2.56. The van der Waals surface area contributed by atoms with Gasteiger partial charge in [-0.3, -0.25) is 9.59 Å². The highest BCUT2D eigenvalue weighted by Gasteiger charge is 2.08. The molecule has 0 bridgehead atoms. The van der Waals surface area contributed by atoms with E-state index >= 15 is 0 Å². The maximum atomic E-state index is 12.8. The van der Waals surface area contributed by atoms with Gasteiger partial charge in [0.25, 0.3) is 0 Å². The lowest BCUT2D eigenvalue weighted by molar-refractivity contribution is -0.116. The van der Waals surface area contributed by atoms with Gasteiger partial charge in [-0.1, -0.05) is 0 Å². The molecule has 0 unspecified atom stereocenters. The van der Waals surface area contributed by atoms with Crippen LogP contribution in [0.15, 0.2) is 48.5 Å². The highest BCUT2D eigenvalue weighted by Crippen LogP contribution is 2.15. The first-order valence-electron chi connectivity index (χ1n) is 7.31. The van der Waals surface area contributed by atoms with E-state index in [0.717, 1.165) is 0 Å². The predicted molar refractivity (Wildman–Crippen MR) is 86.2 cm³/mol. The number of rotatable bonds is 7. The third-order valence-electron chi connectivity index (χ3n) is 3.35. The van der Waals surface area contributed by atoms with Crippen molar-refractivity contribution in [3.63, 3.8) is 0 Å². The molecule has 0 aliphatic carbocycles. The number of ether oxygens (including phenoxy) is 1. The predicted octanol–water partition coefficient (Wildman–Crippen LogP) is 3.83. The summed E-state index contributed by atoms with van der Waals surface area (Å²) in [6.45, 7) is 0. The van der Waals surface area contributed by atoms with Crippen molar-refractivity contribution in [1.29, 1.82) is 0 Å². The third-order valence-corrected chi connectivity index (χ3v) is 3.35. The van der Waals surface area contributed by atoms with Gasteiger partial charge in [0.1, 0.15) is 11.6 Å². The number of anilines is 1. The number of amides is 1. The third kappa shape index (κ3) is 5.21. The fourth-order valence-electron chi connectivity index (χ4n) is 2.09. The van der Waals surface area contributed by atoms with Crippen LogP contribution in [-0.4, -0.2) is 18.8 Å². The van der Waals surface area contributed by atoms with Crippen LogP contribution < -0.4 is 10.1 Å². The molecule has 0 aliphatic heterocycles. The van der Waals surface area contributed by atoms with E-state index in [1.807, 2.05) is 0 Å². The van der Waals surface area contributed by atoms with Crippen molar-refractivity contribution in [2.45, 2.75) is 19.3 Å². The van der Waals surface area contributed by atoms with Crippen molar-refractivity contribution >= 4 is 17.4 Å². The van der Waals surface area contributed by atoms with Crippen LogP contribution in [0.5, 0.6) is 5.75 Å². The summed E-state index contributed by atoms with van der Waals surface area (Å²) in [7, 11) is 1.58. The number of benzene rings is 2. The number of hydrogen-bond donors (Lipinski definition) is 1. The number of Topliss-reactive ketones (excluding diaryl/α,β-unsaturated/α-hetero) is 1. The smallest absolute Gasteiger partial charge is 0.224 e. The molecule has 2 aromatic rings. The van der Waals surface area contributed by atoms with Crippen LogP contribution in [0.3, 0.4) is 0 Å². The van der Waals surface area contributed by atoms with Gasteiger partial charge in [-0.05, 0) is 55.0 Å². The van der Waals surface area contributed by atoms with E-state index < -0.39 is 0 Å². The average molecular weight is 315 g/mol. The van der Waals surface area contributed by atoms with E-state index in [2.05, 4.69) is 5.32 Å². The lowest BCUT2D eigenvalue weighted by Gasteiger charge is -2.06. The van der Waals surface area contributed by atoms with Crippen LogP contribution in [-0.2, 0) is 4.79 Å². The molecule has 0 saturated heterocycles. The Labute approximate surface area is 134 Å². The minimum atomic E-state index is -0.375. The zero-order valence-corrected chi connectivity index (χ0v) is 12.8. The molecule has 0 aromatic heterocycles. The van der Waals surface area contributed by atoms with Gasteiger partial charge in [-0.2, -0.15) is 0 Å². The topological polar surface area (TPSA) is 55.4 Å². The fraction of sp³-hybridized carbons (Fsp3) is 0.222. The summed E-state index contributed by atoms with van der Waals surface area (Å²) in [6.07, 6.45) is 0.943. The molecule has 4 nitrogen and oxygen atoms in total. The molecule has 23 heavy (non-hydrogen) atoms. The molecule has 0 aliphatic rings. The first kappa shape index (κ1) is 16.7. The Morgan fingerprint density at radius 1 is 1.00 bits per heavy atom. The number of ketones is 1. The zero-order valence-electron chi connectivity index (χ0n) is 12.8. The first-order chi connectivity index (χ1) is 11.1. The van der Waals surface area contributed by atoms with E-state index in [9.17, 15) is 14.0 Å². The van der Waals surface area contributed by atoms with Crippen molar-refractivity contribution in [2.24, 2.45) is 0 Å². The molecule has 0 fully saturated rings. The number of methoxy groups -OCH3 is 1. The van der Waals surface area contributed by atoms with Crippen LogP contribution in [0.2, 0.25) is 0 Å². The highest BCUT2D eigenvalue weighted by molar-refractivity contribution is 5.96. The van der Waals surface area contributed by atoms with Gasteiger partial charge < -0.3 is 10.1 Å². The molecule has 1 N–H and O–H groups in total. The Hall–Kier alpha value is -2.69. The number of carbonyl (C=O) groups excluding carboxylic acids is 2. The summed E-state index contributed by atoms with van der Waals surface area (Å²) in [5.41, 5.74) is 1.14. The van der Waals surface area contributed by atoms with E-state index in [0.29, 0.717) is 23.4 Å². The number of halogens is 1. The zero-order chi connectivity index (χ0) is 16.7. The Balaban J connectivity index is 1.75. The molecule has 5 heteroatoms. The molecular formula is C18H18FNO3. The molecule has 0 saturated carbocycles. The van der Waals surface area contributed by atoms with Crippen LogP contribution in [0.25, 0.3) is 0 Å². The van der Waals surface area contributed by atoms with Gasteiger partial charge in [0, 0.05) is 24.1 Å². The standard InChI is InChI=1S/C18H18FNO3/c1-23-16-11-9-15(10-12-16)20-18(22)4-2-3-17(21)13-5-7-14(19)8-6-13/h5-12H,2-4H2,1H3,(H,20,22). The molecule has 120 valence electrons. The Morgan fingerprint density at radius 3 is 2.26 bits per heavy atom. The van der Waals surface area contributed by atoms with E-state index in [-0.39, 0.29) is 30.3 Å². The van der Waals surface area contributed by atoms with Gasteiger partial charge in [-0.15, -0.1) is 0 Å². The summed E-state index contributed by atoms with van der Waals surface area (Å²) >= 11 is 0. The van der Waals surface area contributed by atoms with Gasteiger partial charge in [0.05, 0.1) is 7.11 Å². The molecule has 0 atom stereocenters. The highest BCUT2D eigenvalue weighted by atomic mass is 19.1. The van der Waals surface area contributed by atoms with Crippen LogP contribution in [0.1, 0.15) is 29.6 Å². The maximum Gasteiger partial charge on any atom is 0.224 e. The second-order valence-corrected chi connectivity index (χ2v) is 5.06. The summed E-state index contributed by atoms with van der Waals surface area (Å²) in [4.78, 5) is 23.7. The molecule has 0 radical (unpaired) electrons. The summed E-state index contributed by atoms with van der Waals surface area (Å²) in [5.74, 6) is 0.0950. The van der Waals surface area contributed by atoms with Crippen molar-refractivity contribution in [3.8, 4) is 5.75 Å². The lowest BCUT2D eigenvalue weighted by Crippen LogP contribution is -2.12. The summed E-state index contributed by atoms with van der Waals surface area (Å²) in [6, 6.07) is 12.4. The van der Waals surface area contributed by atoms with Crippen molar-refractivity contribution in [3.05, 3.63) is 59.9 Å². The van der Waals surface area contributed by atoms with E-state index in [1.54, 1.807) is 31.4 Å². The van der Waals surface area contributed by atoms with Crippen LogP contribution in [0.4, 0.5) is 10.1 Å². The van der Waals surface area contributed by atoms with Gasteiger partial charge >= 0.3 is 0 Å². The maximum absolute atomic E-state index is 12.8.